The first kappa shape index (κ1) is 17.7. The molecule has 8 heteroatoms. The van der Waals surface area contributed by atoms with E-state index in [1.54, 1.807) is 12.1 Å². The summed E-state index contributed by atoms with van der Waals surface area (Å²) in [5.41, 5.74) is 1.70. The molecule has 1 unspecified atom stereocenters. The Bertz CT molecular complexity index is 912. The van der Waals surface area contributed by atoms with Crippen LogP contribution in [0, 0.1) is 0 Å². The van der Waals surface area contributed by atoms with Crippen molar-refractivity contribution >= 4 is 11.3 Å². The molecule has 0 radical (unpaired) electrons. The van der Waals surface area contributed by atoms with Crippen LogP contribution in [0.2, 0.25) is 0 Å². The molecule has 1 aromatic carbocycles. The van der Waals surface area contributed by atoms with Crippen LogP contribution in [0.1, 0.15) is 12.8 Å². The minimum absolute atomic E-state index is 0.116. The lowest BCUT2D eigenvalue weighted by molar-refractivity contribution is -0.0498. The lowest BCUT2D eigenvalue weighted by atomic mass is 10.1. The molecule has 0 spiro atoms. The van der Waals surface area contributed by atoms with E-state index in [-0.39, 0.29) is 5.75 Å². The minimum Gasteiger partial charge on any atom is -0.435 e. The highest BCUT2D eigenvalue weighted by atomic mass is 19.3. The monoisotopic (exact) mass is 373 g/mol. The van der Waals surface area contributed by atoms with Gasteiger partial charge in [-0.2, -0.15) is 8.78 Å². The number of nitrogens with one attached hydrogen (secondary N) is 1. The number of hydrogen-bond acceptors (Lipinski definition) is 5. The Balaban J connectivity index is 1.61. The molecular formula is C19H21F2N5O. The van der Waals surface area contributed by atoms with Gasteiger partial charge in [-0.3, -0.25) is 4.40 Å². The van der Waals surface area contributed by atoms with E-state index in [1.165, 1.54) is 12.1 Å². The molecule has 1 aliphatic heterocycles. The maximum atomic E-state index is 12.3. The van der Waals surface area contributed by atoms with E-state index in [0.717, 1.165) is 42.8 Å². The van der Waals surface area contributed by atoms with Crippen LogP contribution in [0.4, 0.5) is 14.6 Å². The first-order chi connectivity index (χ1) is 13.1. The summed E-state index contributed by atoms with van der Waals surface area (Å²) >= 11 is 0. The number of anilines is 1. The van der Waals surface area contributed by atoms with Gasteiger partial charge in [0.1, 0.15) is 5.75 Å². The van der Waals surface area contributed by atoms with Gasteiger partial charge in [0.05, 0.1) is 5.52 Å². The highest BCUT2D eigenvalue weighted by Gasteiger charge is 2.19. The van der Waals surface area contributed by atoms with Crippen LogP contribution in [0.15, 0.2) is 42.6 Å². The van der Waals surface area contributed by atoms with Crippen LogP contribution in [0.3, 0.4) is 0 Å². The van der Waals surface area contributed by atoms with Gasteiger partial charge < -0.3 is 15.0 Å². The van der Waals surface area contributed by atoms with E-state index in [1.807, 2.05) is 22.7 Å². The minimum atomic E-state index is -2.84. The lowest BCUT2D eigenvalue weighted by Crippen LogP contribution is -2.40. The lowest BCUT2D eigenvalue weighted by Gasteiger charge is -2.30. The van der Waals surface area contributed by atoms with E-state index in [4.69, 9.17) is 0 Å². The van der Waals surface area contributed by atoms with Gasteiger partial charge in [0.2, 0.25) is 0 Å². The predicted octanol–water partition coefficient (Wildman–Crippen LogP) is 3.50. The molecule has 1 saturated heterocycles. The molecule has 27 heavy (non-hydrogen) atoms. The zero-order valence-corrected chi connectivity index (χ0v) is 15.0. The third kappa shape index (κ3) is 3.85. The molecule has 0 saturated carbocycles. The number of aromatic nitrogens is 3. The molecule has 0 aliphatic carbocycles. The van der Waals surface area contributed by atoms with Gasteiger partial charge in [-0.05, 0) is 62.8 Å². The standard InChI is InChI=1S/C19H21F2N5O/c1-25-10-2-4-14(12-25)22-17-16-5-3-11-26(16)18(24-23-17)13-6-8-15(9-7-13)27-19(20)21/h3,5-9,11,14,19H,2,4,10,12H2,1H3,(H,22,23). The quantitative estimate of drug-likeness (QED) is 0.742. The number of ether oxygens (including phenoxy) is 1. The molecule has 6 nitrogen and oxygen atoms in total. The van der Waals surface area contributed by atoms with Gasteiger partial charge in [-0.25, -0.2) is 0 Å². The number of halogens is 2. The number of benzene rings is 1. The zero-order chi connectivity index (χ0) is 18.8. The van der Waals surface area contributed by atoms with Crippen LogP contribution in [-0.4, -0.2) is 52.3 Å². The highest BCUT2D eigenvalue weighted by Crippen LogP contribution is 2.26. The number of fused-ring (bicyclic) bond motifs is 1. The number of rotatable bonds is 5. The average molecular weight is 373 g/mol. The Kier molecular flexibility index (Phi) is 4.89. The average Bonchev–Trinajstić information content (AvgIpc) is 3.13. The first-order valence-electron chi connectivity index (χ1n) is 8.94. The molecule has 3 aromatic rings. The van der Waals surface area contributed by atoms with Crippen molar-refractivity contribution in [1.82, 2.24) is 19.5 Å². The number of nitrogens with zero attached hydrogens (tertiary/aromatic N) is 4. The Morgan fingerprint density at radius 2 is 2.00 bits per heavy atom. The van der Waals surface area contributed by atoms with Crippen molar-refractivity contribution < 1.29 is 13.5 Å². The van der Waals surface area contributed by atoms with E-state index >= 15 is 0 Å². The summed E-state index contributed by atoms with van der Waals surface area (Å²) in [6.45, 7) is -0.743. The molecule has 142 valence electrons. The summed E-state index contributed by atoms with van der Waals surface area (Å²) in [6.07, 6.45) is 4.18. The molecule has 0 amide bonds. The summed E-state index contributed by atoms with van der Waals surface area (Å²) in [7, 11) is 2.12. The SMILES string of the molecule is CN1CCCC(Nc2nnc(-c3ccc(OC(F)F)cc3)n3cccc23)C1. The van der Waals surface area contributed by atoms with Gasteiger partial charge in [0.15, 0.2) is 11.6 Å². The Hall–Kier alpha value is -2.74. The topological polar surface area (TPSA) is 54.7 Å². The summed E-state index contributed by atoms with van der Waals surface area (Å²) in [4.78, 5) is 2.31. The largest absolute Gasteiger partial charge is 0.435 e. The smallest absolute Gasteiger partial charge is 0.387 e. The predicted molar refractivity (Wildman–Crippen MR) is 99.2 cm³/mol. The second-order valence-electron chi connectivity index (χ2n) is 6.78. The number of alkyl halides is 2. The van der Waals surface area contributed by atoms with Gasteiger partial charge in [0, 0.05) is 24.3 Å². The molecule has 2 aromatic heterocycles. The normalized spacial score (nSPS) is 18.1. The number of piperidine rings is 1. The van der Waals surface area contributed by atoms with Crippen LogP contribution in [-0.2, 0) is 0 Å². The Labute approximate surface area is 155 Å². The summed E-state index contributed by atoms with van der Waals surface area (Å²) in [6, 6.07) is 10.7. The van der Waals surface area contributed by atoms with Crippen LogP contribution >= 0.6 is 0 Å². The molecule has 1 fully saturated rings. The fraction of sp³-hybridized carbons (Fsp3) is 0.368. The molecular weight excluding hydrogens is 352 g/mol. The van der Waals surface area contributed by atoms with Crippen LogP contribution < -0.4 is 10.1 Å². The number of hydrogen-bond donors (Lipinski definition) is 1. The van der Waals surface area contributed by atoms with Crippen molar-refractivity contribution in [3.63, 3.8) is 0 Å². The fourth-order valence-corrected chi connectivity index (χ4v) is 3.52. The van der Waals surface area contributed by atoms with Gasteiger partial charge in [0.25, 0.3) is 0 Å². The molecule has 0 bridgehead atoms. The molecule has 4 rings (SSSR count). The van der Waals surface area contributed by atoms with Crippen LogP contribution in [0.25, 0.3) is 16.9 Å². The number of likely N-dealkylation sites (tertiary alicyclic amines) is 1. The second-order valence-corrected chi connectivity index (χ2v) is 6.78. The van der Waals surface area contributed by atoms with E-state index in [2.05, 4.69) is 32.2 Å². The first-order valence-corrected chi connectivity index (χ1v) is 8.94. The van der Waals surface area contributed by atoms with Crippen LogP contribution in [0.5, 0.6) is 5.75 Å². The van der Waals surface area contributed by atoms with Crippen molar-refractivity contribution in [3.05, 3.63) is 42.6 Å². The van der Waals surface area contributed by atoms with E-state index in [0.29, 0.717) is 11.9 Å². The zero-order valence-electron chi connectivity index (χ0n) is 15.0. The van der Waals surface area contributed by atoms with Crippen molar-refractivity contribution in [2.75, 3.05) is 25.5 Å². The van der Waals surface area contributed by atoms with Crippen molar-refractivity contribution in [2.24, 2.45) is 0 Å². The fourth-order valence-electron chi connectivity index (χ4n) is 3.52. The Morgan fingerprint density at radius 1 is 1.19 bits per heavy atom. The number of likely N-dealkylation sites (N-methyl/N-ethyl adjacent to an activating group) is 1. The van der Waals surface area contributed by atoms with E-state index in [9.17, 15) is 8.78 Å². The molecule has 1 atom stereocenters. The summed E-state index contributed by atoms with van der Waals surface area (Å²) in [5, 5.41) is 12.3. The highest BCUT2D eigenvalue weighted by molar-refractivity contribution is 5.72. The van der Waals surface area contributed by atoms with Gasteiger partial charge >= 0.3 is 6.61 Å². The van der Waals surface area contributed by atoms with Crippen molar-refractivity contribution in [1.29, 1.82) is 0 Å². The molecule has 3 heterocycles. The second kappa shape index (κ2) is 7.48. The summed E-state index contributed by atoms with van der Waals surface area (Å²) < 4.78 is 31.0. The Morgan fingerprint density at radius 3 is 2.74 bits per heavy atom. The van der Waals surface area contributed by atoms with Gasteiger partial charge in [-0.1, -0.05) is 0 Å². The van der Waals surface area contributed by atoms with Crippen molar-refractivity contribution in [2.45, 2.75) is 25.5 Å². The summed E-state index contributed by atoms with van der Waals surface area (Å²) in [5.74, 6) is 1.51. The maximum absolute atomic E-state index is 12.3. The third-order valence-electron chi connectivity index (χ3n) is 4.77. The maximum Gasteiger partial charge on any atom is 0.387 e. The van der Waals surface area contributed by atoms with Crippen molar-refractivity contribution in [3.8, 4) is 17.1 Å². The van der Waals surface area contributed by atoms with E-state index < -0.39 is 6.61 Å². The van der Waals surface area contributed by atoms with Gasteiger partial charge in [-0.15, -0.1) is 10.2 Å². The molecule has 1 aliphatic rings. The molecule has 1 N–H and O–H groups in total. The third-order valence-corrected chi connectivity index (χ3v) is 4.77.